The van der Waals surface area contributed by atoms with Crippen molar-refractivity contribution in [2.24, 2.45) is 7.05 Å². The Labute approximate surface area is 115 Å². The summed E-state index contributed by atoms with van der Waals surface area (Å²) >= 11 is 1.31. The lowest BCUT2D eigenvalue weighted by Gasteiger charge is -2.12. The predicted octanol–water partition coefficient (Wildman–Crippen LogP) is 1.86. The zero-order valence-electron chi connectivity index (χ0n) is 10.8. The van der Waals surface area contributed by atoms with E-state index in [0.29, 0.717) is 17.1 Å². The number of nitrogens with zero attached hydrogens (tertiary/aromatic N) is 2. The third-order valence-corrected chi connectivity index (χ3v) is 4.22. The summed E-state index contributed by atoms with van der Waals surface area (Å²) in [5.41, 5.74) is 0.409. The minimum Gasteiger partial charge on any atom is -0.293 e. The molecule has 5 nitrogen and oxygen atoms in total. The number of carbonyl (C=O) groups is 1. The van der Waals surface area contributed by atoms with E-state index in [1.165, 1.54) is 16.3 Å². The number of hydrogen-bond donors (Lipinski definition) is 1. The number of H-pyrrole nitrogens is 1. The molecule has 0 aliphatic heterocycles. The predicted molar refractivity (Wildman–Crippen MR) is 74.5 cm³/mol. The third-order valence-electron chi connectivity index (χ3n) is 2.81. The average molecular weight is 277 g/mol. The van der Waals surface area contributed by atoms with Gasteiger partial charge in [-0.1, -0.05) is 49.0 Å². The molecule has 1 aromatic heterocycles. The lowest BCUT2D eigenvalue weighted by Crippen LogP contribution is -2.18. The van der Waals surface area contributed by atoms with Crippen LogP contribution in [0.4, 0.5) is 0 Å². The largest absolute Gasteiger partial charge is 0.343 e. The van der Waals surface area contributed by atoms with Gasteiger partial charge in [-0.2, -0.15) is 0 Å². The van der Waals surface area contributed by atoms with Crippen LogP contribution in [0.2, 0.25) is 0 Å². The van der Waals surface area contributed by atoms with Crippen molar-refractivity contribution in [3.63, 3.8) is 0 Å². The molecule has 19 heavy (non-hydrogen) atoms. The molecule has 0 fully saturated rings. The summed E-state index contributed by atoms with van der Waals surface area (Å²) in [4.78, 5) is 23.6. The minimum atomic E-state index is -0.274. The molecule has 1 unspecified atom stereocenters. The van der Waals surface area contributed by atoms with Gasteiger partial charge in [0.15, 0.2) is 10.9 Å². The van der Waals surface area contributed by atoms with Crippen LogP contribution in [0.3, 0.4) is 0 Å². The van der Waals surface area contributed by atoms with Crippen LogP contribution in [0.1, 0.15) is 23.7 Å². The van der Waals surface area contributed by atoms with Gasteiger partial charge in [0, 0.05) is 12.6 Å². The van der Waals surface area contributed by atoms with Crippen LogP contribution in [0.5, 0.6) is 0 Å². The molecule has 0 spiro atoms. The van der Waals surface area contributed by atoms with E-state index in [9.17, 15) is 9.59 Å². The molecule has 0 amide bonds. The zero-order valence-corrected chi connectivity index (χ0v) is 11.6. The molecule has 1 N–H and O–H groups in total. The van der Waals surface area contributed by atoms with Gasteiger partial charge in [-0.25, -0.2) is 9.89 Å². The van der Waals surface area contributed by atoms with Gasteiger partial charge in [-0.3, -0.25) is 9.36 Å². The van der Waals surface area contributed by atoms with Crippen LogP contribution in [0.15, 0.2) is 40.3 Å². The van der Waals surface area contributed by atoms with Crippen molar-refractivity contribution in [3.8, 4) is 0 Å². The van der Waals surface area contributed by atoms with Gasteiger partial charge in [0.1, 0.15) is 0 Å². The first kappa shape index (κ1) is 13.6. The highest BCUT2D eigenvalue weighted by Crippen LogP contribution is 2.25. The second-order valence-corrected chi connectivity index (χ2v) is 5.29. The summed E-state index contributed by atoms with van der Waals surface area (Å²) in [5, 5.41) is 6.57. The van der Waals surface area contributed by atoms with Crippen LogP contribution in [0.25, 0.3) is 0 Å². The number of nitrogens with one attached hydrogen (secondary N) is 1. The smallest absolute Gasteiger partial charge is 0.293 e. The number of aromatic nitrogens is 3. The van der Waals surface area contributed by atoms with Gasteiger partial charge in [-0.15, -0.1) is 5.10 Å². The van der Waals surface area contributed by atoms with Gasteiger partial charge in [0.2, 0.25) is 0 Å². The van der Waals surface area contributed by atoms with Crippen LogP contribution >= 0.6 is 11.8 Å². The number of carbonyl (C=O) groups excluding carboxylic acids is 1. The van der Waals surface area contributed by atoms with Crippen molar-refractivity contribution in [2.45, 2.75) is 23.8 Å². The maximum Gasteiger partial charge on any atom is 0.343 e. The number of aromatic amines is 1. The van der Waals surface area contributed by atoms with Gasteiger partial charge < -0.3 is 0 Å². The topological polar surface area (TPSA) is 67.8 Å². The number of Topliss-reactive ketones (excluding diaryl/α,β-unsaturated/α-hetero) is 1. The van der Waals surface area contributed by atoms with Crippen LogP contribution in [-0.2, 0) is 7.05 Å². The molecular weight excluding hydrogens is 262 g/mol. The summed E-state index contributed by atoms with van der Waals surface area (Å²) in [6.45, 7) is 1.95. The Morgan fingerprint density at radius 2 is 2.11 bits per heavy atom. The van der Waals surface area contributed by atoms with Crippen molar-refractivity contribution in [1.29, 1.82) is 0 Å². The normalized spacial score (nSPS) is 12.3. The fourth-order valence-corrected chi connectivity index (χ4v) is 2.68. The molecule has 0 bridgehead atoms. The monoisotopic (exact) mass is 277 g/mol. The van der Waals surface area contributed by atoms with Crippen molar-refractivity contribution in [3.05, 3.63) is 46.4 Å². The minimum absolute atomic E-state index is 0.0588. The van der Waals surface area contributed by atoms with E-state index in [0.717, 1.165) is 0 Å². The van der Waals surface area contributed by atoms with E-state index in [-0.39, 0.29) is 16.7 Å². The number of hydrogen-bond acceptors (Lipinski definition) is 4. The molecule has 0 radical (unpaired) electrons. The van der Waals surface area contributed by atoms with E-state index in [2.05, 4.69) is 10.2 Å². The molecule has 0 aliphatic rings. The van der Waals surface area contributed by atoms with E-state index in [4.69, 9.17) is 0 Å². The van der Waals surface area contributed by atoms with Gasteiger partial charge in [0.05, 0.1) is 5.25 Å². The molecule has 1 atom stereocenters. The summed E-state index contributed by atoms with van der Waals surface area (Å²) in [6, 6.07) is 9.16. The highest BCUT2D eigenvalue weighted by atomic mass is 32.2. The number of thioether (sulfide) groups is 1. The Hall–Kier alpha value is -1.82. The standard InChI is InChI=1S/C13H15N3O2S/c1-3-10(11(17)9-7-5-4-6-8-9)19-13-15-14-12(18)16(13)2/h4-8,10H,3H2,1-2H3,(H,14,18). The summed E-state index contributed by atoms with van der Waals surface area (Å²) in [6.07, 6.45) is 0.680. The van der Waals surface area contributed by atoms with Gasteiger partial charge in [-0.05, 0) is 6.42 Å². The van der Waals surface area contributed by atoms with Crippen LogP contribution in [0, 0.1) is 0 Å². The fourth-order valence-electron chi connectivity index (χ4n) is 1.68. The van der Waals surface area contributed by atoms with Crippen LogP contribution in [-0.4, -0.2) is 25.8 Å². The lowest BCUT2D eigenvalue weighted by molar-refractivity contribution is 0.0988. The second kappa shape index (κ2) is 5.88. The molecular formula is C13H15N3O2S. The Morgan fingerprint density at radius 3 is 2.63 bits per heavy atom. The Kier molecular flexibility index (Phi) is 4.21. The van der Waals surface area contributed by atoms with E-state index in [1.807, 2.05) is 25.1 Å². The quantitative estimate of drug-likeness (QED) is 0.669. The van der Waals surface area contributed by atoms with Crippen molar-refractivity contribution in [1.82, 2.24) is 14.8 Å². The third kappa shape index (κ3) is 2.96. The van der Waals surface area contributed by atoms with E-state index in [1.54, 1.807) is 19.2 Å². The highest BCUT2D eigenvalue weighted by molar-refractivity contribution is 8.00. The van der Waals surface area contributed by atoms with Crippen molar-refractivity contribution in [2.75, 3.05) is 0 Å². The first-order valence-electron chi connectivity index (χ1n) is 6.00. The van der Waals surface area contributed by atoms with Gasteiger partial charge in [0.25, 0.3) is 0 Å². The molecule has 2 rings (SSSR count). The Bertz CT molecular complexity index is 618. The van der Waals surface area contributed by atoms with Crippen LogP contribution < -0.4 is 5.69 Å². The van der Waals surface area contributed by atoms with Gasteiger partial charge >= 0.3 is 5.69 Å². The van der Waals surface area contributed by atoms with E-state index >= 15 is 0 Å². The summed E-state index contributed by atoms with van der Waals surface area (Å²) in [5.74, 6) is 0.0588. The van der Waals surface area contributed by atoms with Crippen molar-refractivity contribution >= 4 is 17.5 Å². The molecule has 2 aromatic rings. The number of rotatable bonds is 5. The zero-order chi connectivity index (χ0) is 13.8. The van der Waals surface area contributed by atoms with Crippen molar-refractivity contribution < 1.29 is 4.79 Å². The number of benzene rings is 1. The SMILES string of the molecule is CCC(Sc1n[nH]c(=O)n1C)C(=O)c1ccccc1. The lowest BCUT2D eigenvalue weighted by atomic mass is 10.1. The summed E-state index contributed by atoms with van der Waals surface area (Å²) in [7, 11) is 1.63. The Balaban J connectivity index is 2.19. The maximum atomic E-state index is 12.4. The van der Waals surface area contributed by atoms with E-state index < -0.39 is 0 Å². The molecule has 0 saturated heterocycles. The molecule has 0 aliphatic carbocycles. The fraction of sp³-hybridized carbons (Fsp3) is 0.308. The maximum absolute atomic E-state index is 12.4. The average Bonchev–Trinajstić information content (AvgIpc) is 2.76. The highest BCUT2D eigenvalue weighted by Gasteiger charge is 2.21. The second-order valence-electron chi connectivity index (χ2n) is 4.12. The summed E-state index contributed by atoms with van der Waals surface area (Å²) < 4.78 is 1.41. The first-order chi connectivity index (χ1) is 9.13. The molecule has 100 valence electrons. The first-order valence-corrected chi connectivity index (χ1v) is 6.88. The number of ketones is 1. The molecule has 0 saturated carbocycles. The Morgan fingerprint density at radius 1 is 1.42 bits per heavy atom. The molecule has 6 heteroatoms. The molecule has 1 aromatic carbocycles. The molecule has 1 heterocycles.